The van der Waals surface area contributed by atoms with Crippen LogP contribution in [0.15, 0.2) is 87.9 Å². The van der Waals surface area contributed by atoms with Crippen molar-refractivity contribution in [2.45, 2.75) is 19.8 Å². The molecule has 3 aromatic carbocycles. The highest BCUT2D eigenvalue weighted by Crippen LogP contribution is 2.23. The van der Waals surface area contributed by atoms with Gasteiger partial charge in [-0.25, -0.2) is 9.78 Å². The first-order chi connectivity index (χ1) is 15.5. The Morgan fingerprint density at radius 2 is 1.44 bits per heavy atom. The summed E-state index contributed by atoms with van der Waals surface area (Å²) in [5.41, 5.74) is 4.19. The SMILES string of the molecule is O=C(O)c1ccc(Cn2cc(COCc3ccc(Br)cc3)nc2-c2ccc(Br)cc2)cc1. The Labute approximate surface area is 203 Å². The molecule has 0 unspecified atom stereocenters. The number of hydrogen-bond acceptors (Lipinski definition) is 3. The maximum absolute atomic E-state index is 11.1. The van der Waals surface area contributed by atoms with Gasteiger partial charge in [0.25, 0.3) is 0 Å². The van der Waals surface area contributed by atoms with Gasteiger partial charge >= 0.3 is 5.97 Å². The third-order valence-corrected chi connectivity index (χ3v) is 5.97. The van der Waals surface area contributed by atoms with Gasteiger partial charge in [0.05, 0.1) is 24.5 Å². The predicted octanol–water partition coefficient (Wildman–Crippen LogP) is 6.54. The first-order valence-electron chi connectivity index (χ1n) is 9.94. The van der Waals surface area contributed by atoms with Gasteiger partial charge in [-0.2, -0.15) is 0 Å². The van der Waals surface area contributed by atoms with E-state index in [9.17, 15) is 4.79 Å². The van der Waals surface area contributed by atoms with E-state index in [2.05, 4.69) is 36.4 Å². The van der Waals surface area contributed by atoms with Crippen molar-refractivity contribution in [3.8, 4) is 11.4 Å². The van der Waals surface area contributed by atoms with Gasteiger partial charge in [-0.05, 0) is 47.5 Å². The average molecular weight is 556 g/mol. The Morgan fingerprint density at radius 3 is 2.06 bits per heavy atom. The second-order valence-electron chi connectivity index (χ2n) is 7.31. The number of hydrogen-bond donors (Lipinski definition) is 1. The molecule has 0 spiro atoms. The molecule has 0 bridgehead atoms. The number of ether oxygens (including phenoxy) is 1. The third kappa shape index (κ3) is 5.73. The molecule has 0 radical (unpaired) electrons. The van der Waals surface area contributed by atoms with Crippen molar-refractivity contribution >= 4 is 37.8 Å². The third-order valence-electron chi connectivity index (χ3n) is 4.91. The molecule has 5 nitrogen and oxygen atoms in total. The van der Waals surface area contributed by atoms with Crippen molar-refractivity contribution in [2.24, 2.45) is 0 Å². The zero-order valence-corrected chi connectivity index (χ0v) is 20.2. The smallest absolute Gasteiger partial charge is 0.335 e. The minimum Gasteiger partial charge on any atom is -0.478 e. The number of nitrogens with zero attached hydrogens (tertiary/aromatic N) is 2. The van der Waals surface area contributed by atoms with Gasteiger partial charge < -0.3 is 14.4 Å². The molecule has 4 aromatic rings. The molecule has 0 amide bonds. The van der Waals surface area contributed by atoms with E-state index in [1.807, 2.05) is 66.9 Å². The minimum absolute atomic E-state index is 0.273. The van der Waals surface area contributed by atoms with Gasteiger partial charge in [0.2, 0.25) is 0 Å². The van der Waals surface area contributed by atoms with Crippen LogP contribution >= 0.6 is 31.9 Å². The molecular formula is C25H20Br2N2O3. The summed E-state index contributed by atoms with van der Waals surface area (Å²) >= 11 is 6.92. The van der Waals surface area contributed by atoms with Gasteiger partial charge in [-0.1, -0.05) is 68.3 Å². The maximum atomic E-state index is 11.1. The predicted molar refractivity (Wildman–Crippen MR) is 131 cm³/mol. The van der Waals surface area contributed by atoms with Crippen molar-refractivity contribution in [2.75, 3.05) is 0 Å². The standard InChI is InChI=1S/C25H20Br2N2O3/c26-21-9-3-18(4-10-21)15-32-16-23-14-29(13-17-1-5-20(6-2-17)25(30)31)24(28-23)19-7-11-22(27)12-8-19/h1-12,14H,13,15-16H2,(H,30,31). The molecule has 1 aromatic heterocycles. The Hall–Kier alpha value is -2.74. The number of carboxylic acid groups (broad SMARTS) is 1. The molecule has 4 rings (SSSR count). The quantitative estimate of drug-likeness (QED) is 0.268. The lowest BCUT2D eigenvalue weighted by atomic mass is 10.1. The number of carboxylic acids is 1. The highest BCUT2D eigenvalue weighted by atomic mass is 79.9. The molecule has 0 aliphatic carbocycles. The summed E-state index contributed by atoms with van der Waals surface area (Å²) in [7, 11) is 0. The van der Waals surface area contributed by atoms with Crippen molar-refractivity contribution < 1.29 is 14.6 Å². The van der Waals surface area contributed by atoms with Crippen LogP contribution in [0, 0.1) is 0 Å². The van der Waals surface area contributed by atoms with E-state index in [0.29, 0.717) is 19.8 Å². The molecule has 0 saturated carbocycles. The lowest BCUT2D eigenvalue weighted by molar-refractivity contribution is 0.0697. The van der Waals surface area contributed by atoms with Crippen molar-refractivity contribution in [1.82, 2.24) is 9.55 Å². The highest BCUT2D eigenvalue weighted by Gasteiger charge is 2.12. The van der Waals surface area contributed by atoms with E-state index >= 15 is 0 Å². The van der Waals surface area contributed by atoms with Crippen LogP contribution in [0.5, 0.6) is 0 Å². The first kappa shape index (κ1) is 22.5. The van der Waals surface area contributed by atoms with Crippen LogP contribution in [-0.4, -0.2) is 20.6 Å². The monoisotopic (exact) mass is 554 g/mol. The van der Waals surface area contributed by atoms with E-state index in [0.717, 1.165) is 37.2 Å². The van der Waals surface area contributed by atoms with Gasteiger partial charge in [0.1, 0.15) is 5.82 Å². The van der Waals surface area contributed by atoms with Gasteiger partial charge in [-0.3, -0.25) is 0 Å². The van der Waals surface area contributed by atoms with E-state index in [1.165, 1.54) is 0 Å². The molecule has 1 heterocycles. The molecule has 0 aliphatic heterocycles. The molecule has 0 fully saturated rings. The minimum atomic E-state index is -0.931. The Bertz CT molecular complexity index is 1200. The van der Waals surface area contributed by atoms with Gasteiger partial charge in [0.15, 0.2) is 0 Å². The lowest BCUT2D eigenvalue weighted by Gasteiger charge is -2.08. The first-order valence-corrected chi connectivity index (χ1v) is 11.5. The van der Waals surface area contributed by atoms with E-state index < -0.39 is 5.97 Å². The zero-order valence-electron chi connectivity index (χ0n) is 17.0. The van der Waals surface area contributed by atoms with E-state index in [-0.39, 0.29) is 5.56 Å². The van der Waals surface area contributed by atoms with Crippen LogP contribution in [0.4, 0.5) is 0 Å². The fourth-order valence-electron chi connectivity index (χ4n) is 3.29. The summed E-state index contributed by atoms with van der Waals surface area (Å²) in [5, 5.41) is 9.13. The number of benzene rings is 3. The molecule has 7 heteroatoms. The summed E-state index contributed by atoms with van der Waals surface area (Å²) < 4.78 is 10.0. The summed E-state index contributed by atoms with van der Waals surface area (Å²) in [6.07, 6.45) is 1.99. The normalized spacial score (nSPS) is 10.9. The molecule has 1 N–H and O–H groups in total. The maximum Gasteiger partial charge on any atom is 0.335 e. The van der Waals surface area contributed by atoms with Crippen LogP contribution in [-0.2, 0) is 24.5 Å². The largest absolute Gasteiger partial charge is 0.478 e. The summed E-state index contributed by atoms with van der Waals surface area (Å²) in [6.45, 7) is 1.47. The number of aromatic carboxylic acids is 1. The van der Waals surface area contributed by atoms with Crippen LogP contribution in [0.3, 0.4) is 0 Å². The number of halogens is 2. The summed E-state index contributed by atoms with van der Waals surface area (Å²) in [4.78, 5) is 15.9. The van der Waals surface area contributed by atoms with Crippen LogP contribution in [0.1, 0.15) is 27.2 Å². The molecule has 0 aliphatic rings. The fourth-order valence-corrected chi connectivity index (χ4v) is 3.82. The van der Waals surface area contributed by atoms with Crippen LogP contribution in [0.2, 0.25) is 0 Å². The number of rotatable bonds is 8. The van der Waals surface area contributed by atoms with Gasteiger partial charge in [0, 0.05) is 27.3 Å². The molecule has 32 heavy (non-hydrogen) atoms. The fraction of sp³-hybridized carbons (Fsp3) is 0.120. The topological polar surface area (TPSA) is 64.3 Å². The second kappa shape index (κ2) is 10.3. The van der Waals surface area contributed by atoms with Crippen molar-refractivity contribution in [3.05, 3.63) is 110 Å². The van der Waals surface area contributed by atoms with Crippen LogP contribution < -0.4 is 0 Å². The summed E-state index contributed by atoms with van der Waals surface area (Å²) in [5.74, 6) is -0.0954. The Kier molecular flexibility index (Phi) is 7.19. The molecule has 162 valence electrons. The molecule has 0 saturated heterocycles. The summed E-state index contributed by atoms with van der Waals surface area (Å²) in [6, 6.07) is 22.9. The van der Waals surface area contributed by atoms with Crippen molar-refractivity contribution in [1.29, 1.82) is 0 Å². The zero-order chi connectivity index (χ0) is 22.5. The number of aromatic nitrogens is 2. The molecular weight excluding hydrogens is 536 g/mol. The van der Waals surface area contributed by atoms with Crippen molar-refractivity contribution in [3.63, 3.8) is 0 Å². The van der Waals surface area contributed by atoms with E-state index in [4.69, 9.17) is 14.8 Å². The van der Waals surface area contributed by atoms with Crippen LogP contribution in [0.25, 0.3) is 11.4 Å². The Morgan fingerprint density at radius 1 is 0.844 bits per heavy atom. The second-order valence-corrected chi connectivity index (χ2v) is 9.14. The number of carbonyl (C=O) groups is 1. The average Bonchev–Trinajstić information content (AvgIpc) is 3.18. The van der Waals surface area contributed by atoms with E-state index in [1.54, 1.807) is 12.1 Å². The van der Waals surface area contributed by atoms with Gasteiger partial charge in [-0.15, -0.1) is 0 Å². The highest BCUT2D eigenvalue weighted by molar-refractivity contribution is 9.10. The Balaban J connectivity index is 1.54. The lowest BCUT2D eigenvalue weighted by Crippen LogP contribution is -2.02. The number of imidazole rings is 1. The molecule has 0 atom stereocenters.